The maximum atomic E-state index is 11.8. The molecule has 0 bridgehead atoms. The number of amides is 1. The van der Waals surface area contributed by atoms with Crippen LogP contribution in [0.25, 0.3) is 0 Å². The number of esters is 1. The van der Waals surface area contributed by atoms with Gasteiger partial charge in [0.05, 0.1) is 52.9 Å². The van der Waals surface area contributed by atoms with Crippen molar-refractivity contribution in [2.24, 2.45) is 0 Å². The van der Waals surface area contributed by atoms with E-state index in [1.54, 1.807) is 7.05 Å². The molecule has 0 rings (SSSR count). The first-order valence-corrected chi connectivity index (χ1v) is 16.2. The normalized spacial score (nSPS) is 11.5. The highest BCUT2D eigenvalue weighted by atomic mass is 16.6. The molecule has 0 saturated heterocycles. The van der Waals surface area contributed by atoms with E-state index in [-0.39, 0.29) is 18.7 Å². The summed E-state index contributed by atoms with van der Waals surface area (Å²) >= 11 is 0. The van der Waals surface area contributed by atoms with Crippen LogP contribution in [0.1, 0.15) is 118 Å². The fourth-order valence-electron chi connectivity index (χ4n) is 3.97. The third kappa shape index (κ3) is 31.3. The van der Waals surface area contributed by atoms with E-state index in [0.29, 0.717) is 65.8 Å². The van der Waals surface area contributed by atoms with E-state index < -0.39 is 5.60 Å². The molecule has 0 aromatic rings. The number of ether oxygens (including phenoxy) is 6. The van der Waals surface area contributed by atoms with Crippen molar-refractivity contribution in [3.63, 3.8) is 0 Å². The summed E-state index contributed by atoms with van der Waals surface area (Å²) in [5, 5.41) is 0. The Labute approximate surface area is 251 Å². The highest BCUT2D eigenvalue weighted by Gasteiger charge is 2.19. The first-order valence-electron chi connectivity index (χ1n) is 16.2. The van der Waals surface area contributed by atoms with Gasteiger partial charge in [0.25, 0.3) is 0 Å². The van der Waals surface area contributed by atoms with Crippen molar-refractivity contribution >= 4 is 12.1 Å². The Morgan fingerprint density at radius 3 is 1.39 bits per heavy atom. The molecule has 0 aliphatic heterocycles. The molecule has 0 N–H and O–H groups in total. The van der Waals surface area contributed by atoms with Gasteiger partial charge in [-0.15, -0.1) is 0 Å². The fraction of sp³-hybridized carbons (Fsp3) is 0.938. The average molecular weight is 590 g/mol. The second-order valence-corrected chi connectivity index (χ2v) is 11.6. The third-order valence-electron chi connectivity index (χ3n) is 6.37. The van der Waals surface area contributed by atoms with Gasteiger partial charge in [-0.3, -0.25) is 4.79 Å². The topological polar surface area (TPSA) is 92.8 Å². The molecule has 0 aliphatic rings. The van der Waals surface area contributed by atoms with Gasteiger partial charge in [-0.1, -0.05) is 84.0 Å². The summed E-state index contributed by atoms with van der Waals surface area (Å²) < 4.78 is 32.4. The highest BCUT2D eigenvalue weighted by Crippen LogP contribution is 2.13. The zero-order chi connectivity index (χ0) is 30.4. The number of likely N-dealkylation sites (N-methyl/N-ethyl adjacent to an activating group) is 1. The van der Waals surface area contributed by atoms with Crippen LogP contribution in [0.3, 0.4) is 0 Å². The predicted molar refractivity (Wildman–Crippen MR) is 163 cm³/mol. The van der Waals surface area contributed by atoms with Crippen LogP contribution in [0.4, 0.5) is 4.79 Å². The molecule has 0 radical (unpaired) electrons. The lowest BCUT2D eigenvalue weighted by Gasteiger charge is -2.24. The lowest BCUT2D eigenvalue weighted by atomic mass is 10.0. The Hall–Kier alpha value is -1.42. The van der Waals surface area contributed by atoms with E-state index >= 15 is 0 Å². The molecule has 0 aromatic carbocycles. The van der Waals surface area contributed by atoms with Crippen molar-refractivity contribution in [2.75, 3.05) is 73.1 Å². The molecule has 41 heavy (non-hydrogen) atoms. The van der Waals surface area contributed by atoms with Gasteiger partial charge in [-0.05, 0) is 27.2 Å². The smallest absolute Gasteiger partial charge is 0.410 e. The standard InChI is InChI=1S/C32H63NO8/c1-6-7-8-9-10-11-12-13-14-15-16-17-18-19-30(34)40-29-28-39-27-26-38-25-24-37-23-22-36-21-20-33(5)31(35)41-32(2,3)4/h6-29H2,1-5H3. The van der Waals surface area contributed by atoms with Crippen LogP contribution in [-0.2, 0) is 33.2 Å². The van der Waals surface area contributed by atoms with Crippen molar-refractivity contribution in [1.29, 1.82) is 0 Å². The molecule has 1 amide bonds. The minimum Gasteiger partial charge on any atom is -0.463 e. The number of hydrogen-bond donors (Lipinski definition) is 0. The fourth-order valence-corrected chi connectivity index (χ4v) is 3.97. The van der Waals surface area contributed by atoms with Gasteiger partial charge < -0.3 is 33.3 Å². The molecule has 0 saturated carbocycles. The van der Waals surface area contributed by atoms with Gasteiger partial charge in [0.2, 0.25) is 0 Å². The highest BCUT2D eigenvalue weighted by molar-refractivity contribution is 5.69. The second kappa shape index (κ2) is 28.7. The predicted octanol–water partition coefficient (Wildman–Crippen LogP) is 6.94. The third-order valence-corrected chi connectivity index (χ3v) is 6.37. The van der Waals surface area contributed by atoms with E-state index in [9.17, 15) is 9.59 Å². The number of carbonyl (C=O) groups is 2. The zero-order valence-corrected chi connectivity index (χ0v) is 27.2. The molecular formula is C32H63NO8. The minimum atomic E-state index is -0.506. The lowest BCUT2D eigenvalue weighted by molar-refractivity contribution is -0.145. The maximum absolute atomic E-state index is 11.8. The molecule has 0 aromatic heterocycles. The summed E-state index contributed by atoms with van der Waals surface area (Å²) in [6, 6.07) is 0. The van der Waals surface area contributed by atoms with E-state index in [1.807, 2.05) is 20.8 Å². The SMILES string of the molecule is CCCCCCCCCCCCCCCC(=O)OCCOCCOCCOCCOCCN(C)C(=O)OC(C)(C)C. The van der Waals surface area contributed by atoms with E-state index in [0.717, 1.165) is 12.8 Å². The Bertz CT molecular complexity index is 597. The van der Waals surface area contributed by atoms with Crippen LogP contribution in [0.5, 0.6) is 0 Å². The van der Waals surface area contributed by atoms with Crippen molar-refractivity contribution in [3.05, 3.63) is 0 Å². The van der Waals surface area contributed by atoms with Gasteiger partial charge >= 0.3 is 12.1 Å². The summed E-state index contributed by atoms with van der Waals surface area (Å²) in [5.41, 5.74) is -0.506. The summed E-state index contributed by atoms with van der Waals surface area (Å²) in [5.74, 6) is -0.135. The Kier molecular flexibility index (Phi) is 27.7. The van der Waals surface area contributed by atoms with E-state index in [4.69, 9.17) is 28.4 Å². The van der Waals surface area contributed by atoms with Crippen LogP contribution in [0.15, 0.2) is 0 Å². The number of hydrogen-bond acceptors (Lipinski definition) is 8. The molecule has 244 valence electrons. The first kappa shape index (κ1) is 39.6. The molecule has 9 heteroatoms. The molecule has 0 aliphatic carbocycles. The number of rotatable bonds is 29. The largest absolute Gasteiger partial charge is 0.463 e. The number of carbonyl (C=O) groups excluding carboxylic acids is 2. The molecule has 0 spiro atoms. The van der Waals surface area contributed by atoms with Crippen molar-refractivity contribution in [2.45, 2.75) is 123 Å². The molecule has 0 atom stereocenters. The van der Waals surface area contributed by atoms with Gasteiger partial charge in [-0.25, -0.2) is 4.79 Å². The maximum Gasteiger partial charge on any atom is 0.410 e. The summed E-state index contributed by atoms with van der Waals surface area (Å²) in [7, 11) is 1.68. The van der Waals surface area contributed by atoms with Crippen LogP contribution in [0, 0.1) is 0 Å². The summed E-state index contributed by atoms with van der Waals surface area (Å²) in [6.07, 6.45) is 17.0. The number of nitrogens with zero attached hydrogens (tertiary/aromatic N) is 1. The monoisotopic (exact) mass is 589 g/mol. The Morgan fingerprint density at radius 2 is 0.951 bits per heavy atom. The summed E-state index contributed by atoms with van der Waals surface area (Å²) in [6.45, 7) is 12.1. The van der Waals surface area contributed by atoms with Crippen molar-refractivity contribution in [3.8, 4) is 0 Å². The van der Waals surface area contributed by atoms with Gasteiger partial charge in [0.15, 0.2) is 0 Å². The average Bonchev–Trinajstić information content (AvgIpc) is 2.92. The van der Waals surface area contributed by atoms with Crippen LogP contribution in [0.2, 0.25) is 0 Å². The van der Waals surface area contributed by atoms with Crippen molar-refractivity contribution < 1.29 is 38.0 Å². The van der Waals surface area contributed by atoms with Gasteiger partial charge in [0, 0.05) is 20.0 Å². The second-order valence-electron chi connectivity index (χ2n) is 11.6. The van der Waals surface area contributed by atoms with Crippen LogP contribution >= 0.6 is 0 Å². The zero-order valence-electron chi connectivity index (χ0n) is 27.2. The summed E-state index contributed by atoms with van der Waals surface area (Å²) in [4.78, 5) is 25.2. The minimum absolute atomic E-state index is 0.135. The van der Waals surface area contributed by atoms with E-state index in [1.165, 1.54) is 75.5 Å². The molecule has 0 fully saturated rings. The van der Waals surface area contributed by atoms with E-state index in [2.05, 4.69) is 6.92 Å². The van der Waals surface area contributed by atoms with Crippen molar-refractivity contribution in [1.82, 2.24) is 4.90 Å². The molecular weight excluding hydrogens is 526 g/mol. The van der Waals surface area contributed by atoms with Gasteiger partial charge in [0.1, 0.15) is 12.2 Å². The van der Waals surface area contributed by atoms with Crippen LogP contribution < -0.4 is 0 Å². The number of unbranched alkanes of at least 4 members (excludes halogenated alkanes) is 12. The van der Waals surface area contributed by atoms with Crippen LogP contribution in [-0.4, -0.2) is 95.6 Å². The quantitative estimate of drug-likeness (QED) is 0.0684. The first-order chi connectivity index (χ1) is 19.8. The Balaban J connectivity index is 3.27. The molecule has 0 heterocycles. The molecule has 9 nitrogen and oxygen atoms in total. The lowest BCUT2D eigenvalue weighted by Crippen LogP contribution is -2.36. The van der Waals surface area contributed by atoms with Gasteiger partial charge in [-0.2, -0.15) is 0 Å². The molecule has 0 unspecified atom stereocenters. The Morgan fingerprint density at radius 1 is 0.561 bits per heavy atom.